The van der Waals surface area contributed by atoms with Gasteiger partial charge in [0, 0.05) is 35.0 Å². The second-order valence-corrected chi connectivity index (χ2v) is 19.7. The van der Waals surface area contributed by atoms with Crippen molar-refractivity contribution in [2.24, 2.45) is 0 Å². The monoisotopic (exact) mass is 1230 g/mol. The molecule has 0 radical (unpaired) electrons. The molecule has 0 saturated carbocycles. The van der Waals surface area contributed by atoms with Crippen LogP contribution in [0.1, 0.15) is 114 Å². The zero-order chi connectivity index (χ0) is 64.7. The van der Waals surface area contributed by atoms with Gasteiger partial charge in [0.1, 0.15) is 11.4 Å². The first kappa shape index (κ1) is 66.9. The van der Waals surface area contributed by atoms with Crippen molar-refractivity contribution in [3.63, 3.8) is 0 Å². The number of benzene rings is 9. The Bertz CT molecular complexity index is 3530. The van der Waals surface area contributed by atoms with Crippen molar-refractivity contribution in [1.82, 2.24) is 0 Å². The summed E-state index contributed by atoms with van der Waals surface area (Å²) in [7, 11) is 4.16. The Morgan fingerprint density at radius 1 is 0.460 bits per heavy atom. The fourth-order valence-electron chi connectivity index (χ4n) is 8.07. The number of ether oxygens (including phenoxy) is 3. The van der Waals surface area contributed by atoms with E-state index in [9.17, 15) is 19.8 Å². The summed E-state index contributed by atoms with van der Waals surface area (Å²) >= 11 is 3.29. The molecule has 0 bridgehead atoms. The molecule has 1 unspecified atom stereocenters. The molecule has 1 heterocycles. The van der Waals surface area contributed by atoms with Crippen molar-refractivity contribution in [2.75, 3.05) is 7.11 Å². The van der Waals surface area contributed by atoms with Crippen molar-refractivity contribution >= 4 is 27.9 Å². The number of rotatable bonds is 13. The van der Waals surface area contributed by atoms with E-state index in [1.165, 1.54) is 14.8 Å². The Morgan fingerprint density at radius 3 is 1.05 bits per heavy atom. The Labute approximate surface area is 523 Å². The van der Waals surface area contributed by atoms with E-state index in [1.807, 2.05) is 212 Å². The fourth-order valence-corrected chi connectivity index (χ4v) is 8.33. The summed E-state index contributed by atoms with van der Waals surface area (Å²) in [6.07, 6.45) is 5.65. The Balaban J connectivity index is 0.000000286. The molecule has 1 saturated heterocycles. The standard InChI is InChI=1S/C37H32O4.C16H14O2.C9H8O.C7H7BrO.C4H4O3.2CH4/c1-40-36-23-21-35(22-24-36)37(33-5-3-2-4-6-33,34-19-17-31(26-39)18-20-34)41-27-32-15-11-29(12-16-32)8-7-28-9-13-30(25-38)14-10-28;17-11-15-7-3-13(4-8-15)1-2-14-5-9-16(12-18)10-6-14;1-2-8-3-5-9(7-10)6-4-8;8-7-3-1-6(5-9)2-4-7;5-3-1-2-4(6)7-3;;/h2-6,9-24,38-39H,25-27H2,1H3;3-10,17-18H,11-12H2;1,3-6,10H,7H2;1-4,9H,5H2;1-2H2;2*1H4/i;;;;;1T;1D. The molecule has 1 aliphatic heterocycles. The minimum Gasteiger partial charge on any atom is -0.497 e. The molecular weight excluding hydrogens is 1160 g/mol. The van der Waals surface area contributed by atoms with Gasteiger partial charge in [-0.2, -0.15) is 0 Å². The minimum absolute atomic E-state index is 0.0226. The molecule has 6 N–H and O–H groups in total. The van der Waals surface area contributed by atoms with Gasteiger partial charge in [-0.3, -0.25) is 9.59 Å². The number of hydrogen-bond acceptors (Lipinski definition) is 11. The number of aliphatic hydroxyl groups excluding tert-OH is 6. The molecule has 1 aliphatic rings. The molecule has 10 rings (SSSR count). The number of cyclic esters (lactones) is 2. The van der Waals surface area contributed by atoms with E-state index in [0.29, 0.717) is 6.61 Å². The Morgan fingerprint density at radius 2 is 0.747 bits per heavy atom. The Kier molecular flexibility index (Phi) is 29.2. The van der Waals surface area contributed by atoms with Gasteiger partial charge in [-0.15, -0.1) is 6.42 Å². The van der Waals surface area contributed by atoms with E-state index in [2.05, 4.69) is 62.4 Å². The average Bonchev–Trinajstić information content (AvgIpc) is 1.02. The first-order valence-electron chi connectivity index (χ1n) is 29.0. The predicted molar refractivity (Wildman–Crippen MR) is 346 cm³/mol. The van der Waals surface area contributed by atoms with Crippen molar-refractivity contribution in [2.45, 2.75) is 79.5 Å². The van der Waals surface area contributed by atoms with Gasteiger partial charge in [0.05, 0.1) is 66.2 Å². The fraction of sp³-hybridized carbons (Fsp3) is 0.173. The van der Waals surface area contributed by atoms with Gasteiger partial charge in [0.15, 0.2) is 0 Å². The summed E-state index contributed by atoms with van der Waals surface area (Å²) < 4.78 is 29.0. The van der Waals surface area contributed by atoms with E-state index < -0.39 is 17.5 Å². The van der Waals surface area contributed by atoms with Crippen LogP contribution in [0.25, 0.3) is 0 Å². The molecule has 446 valence electrons. The number of halogens is 1. The average molecular weight is 1230 g/mol. The summed E-state index contributed by atoms with van der Waals surface area (Å²) in [6.45, 7) is 0.657. The molecule has 11 nitrogen and oxygen atoms in total. The molecule has 1 fully saturated rings. The topological polar surface area (TPSA) is 183 Å². The zero-order valence-corrected chi connectivity index (χ0v) is 50.5. The molecule has 0 spiro atoms. The van der Waals surface area contributed by atoms with Crippen LogP contribution in [0.15, 0.2) is 229 Å². The number of terminal acetylenes is 1. The smallest absolute Gasteiger partial charge is 0.314 e. The molecular formula is C75H73BrO11. The number of carbonyl (C=O) groups excluding carboxylic acids is 2. The van der Waals surface area contributed by atoms with Crippen molar-refractivity contribution < 1.29 is 57.2 Å². The minimum atomic E-state index is -0.902. The third-order valence-corrected chi connectivity index (χ3v) is 13.4. The van der Waals surface area contributed by atoms with E-state index in [-0.39, 0.29) is 52.5 Å². The first-order valence-corrected chi connectivity index (χ1v) is 27.8. The highest BCUT2D eigenvalue weighted by atomic mass is 79.9. The van der Waals surface area contributed by atoms with Gasteiger partial charge in [-0.1, -0.05) is 200 Å². The third-order valence-electron chi connectivity index (χ3n) is 12.9. The van der Waals surface area contributed by atoms with Gasteiger partial charge in [-0.25, -0.2) is 0 Å². The third kappa shape index (κ3) is 22.6. The van der Waals surface area contributed by atoms with E-state index in [4.69, 9.17) is 39.1 Å². The molecule has 0 amide bonds. The van der Waals surface area contributed by atoms with Gasteiger partial charge in [0.25, 0.3) is 0 Å². The van der Waals surface area contributed by atoms with Crippen molar-refractivity contribution in [3.05, 3.63) is 312 Å². The number of esters is 2. The number of hydrogen-bond donors (Lipinski definition) is 6. The van der Waals surface area contributed by atoms with Crippen LogP contribution in [0.4, 0.5) is 0 Å². The lowest BCUT2D eigenvalue weighted by atomic mass is 9.79. The first-order chi connectivity index (χ1) is 43.4. The van der Waals surface area contributed by atoms with Gasteiger partial charge in [0.2, 0.25) is 0 Å². The van der Waals surface area contributed by atoms with E-state index in [0.717, 1.165) is 93.7 Å². The zero-order valence-electron chi connectivity index (χ0n) is 50.9. The van der Waals surface area contributed by atoms with Crippen molar-refractivity contribution in [1.29, 1.82) is 0 Å². The number of aliphatic hydroxyl groups is 6. The van der Waals surface area contributed by atoms with Gasteiger partial charge < -0.3 is 44.8 Å². The second-order valence-electron chi connectivity index (χ2n) is 18.8. The molecule has 87 heavy (non-hydrogen) atoms. The summed E-state index contributed by atoms with van der Waals surface area (Å²) in [5.41, 5.74) is 12.8. The molecule has 9 aromatic rings. The molecule has 1 atom stereocenters. The highest BCUT2D eigenvalue weighted by Gasteiger charge is 2.38. The second kappa shape index (κ2) is 38.0. The van der Waals surface area contributed by atoms with Crippen LogP contribution in [0.5, 0.6) is 5.75 Å². The lowest BCUT2D eigenvalue weighted by molar-refractivity contribution is -0.152. The Hall–Kier alpha value is -9.20. The van der Waals surface area contributed by atoms with Crippen LogP contribution in [0.3, 0.4) is 0 Å². The lowest BCUT2D eigenvalue weighted by Crippen LogP contribution is -2.32. The normalized spacial score (nSPS) is 11.5. The van der Waals surface area contributed by atoms with E-state index in [1.54, 1.807) is 7.11 Å². The van der Waals surface area contributed by atoms with Crippen LogP contribution in [-0.2, 0) is 70.9 Å². The number of carbonyl (C=O) groups is 2. The van der Waals surface area contributed by atoms with Gasteiger partial charge >= 0.3 is 11.9 Å². The molecule has 12 heteroatoms. The maximum atomic E-state index is 10.0. The SMILES string of the molecule is C#Cc1ccc(CO)cc1.COc1ccc(C(OCc2ccc(C#Cc3ccc(CO)cc3)cc2)(c2ccccc2)c2ccc(CO)cc2)cc1.O=C1CCC(=O)O1.OCc1ccc(Br)cc1.OCc1ccc(C#Cc2ccc(CO)cc2)cc1.[2H]C.[3H]C. The van der Waals surface area contributed by atoms with Crippen LogP contribution in [-0.4, -0.2) is 49.7 Å². The van der Waals surface area contributed by atoms with Crippen LogP contribution >= 0.6 is 15.9 Å². The molecule has 9 aromatic carbocycles. The maximum Gasteiger partial charge on any atom is 0.314 e. The summed E-state index contributed by atoms with van der Waals surface area (Å²) in [5.74, 6) is 15.0. The molecule has 0 aromatic heterocycles. The van der Waals surface area contributed by atoms with Gasteiger partial charge in [-0.05, 0) is 141 Å². The predicted octanol–water partition coefficient (Wildman–Crippen LogP) is 12.9. The highest BCUT2D eigenvalue weighted by Crippen LogP contribution is 2.42. The summed E-state index contributed by atoms with van der Waals surface area (Å²) in [6, 6.07) is 71.6. The molecule has 0 aliphatic carbocycles. The quantitative estimate of drug-likeness (QED) is 0.0280. The largest absolute Gasteiger partial charge is 0.497 e. The lowest BCUT2D eigenvalue weighted by Gasteiger charge is -2.36. The van der Waals surface area contributed by atoms with E-state index >= 15 is 0 Å². The van der Waals surface area contributed by atoms with Crippen LogP contribution in [0, 0.1) is 36.0 Å². The van der Waals surface area contributed by atoms with Crippen molar-refractivity contribution in [3.8, 4) is 41.8 Å². The van der Waals surface area contributed by atoms with Crippen LogP contribution in [0.2, 0.25) is 0 Å². The summed E-state index contributed by atoms with van der Waals surface area (Å²) in [4.78, 5) is 20.0. The van der Waals surface area contributed by atoms with Crippen LogP contribution < -0.4 is 4.74 Å². The number of methoxy groups -OCH3 is 1. The maximum absolute atomic E-state index is 10.0. The highest BCUT2D eigenvalue weighted by molar-refractivity contribution is 9.10. The summed E-state index contributed by atoms with van der Waals surface area (Å²) in [5, 5.41) is 54.0.